The molecule has 1 saturated carbocycles. The molecule has 6 unspecified atom stereocenters. The minimum absolute atomic E-state index is 0.0362. The highest BCUT2D eigenvalue weighted by Crippen LogP contribution is 2.54. The molecular formula is C44H48F3N9O7. The second kappa shape index (κ2) is 15.7. The lowest BCUT2D eigenvalue weighted by molar-refractivity contribution is -0.137. The number of imidazole rings is 2. The number of carbonyl (C=O) groups is 4. The Morgan fingerprint density at radius 1 is 0.841 bits per heavy atom. The number of methoxy groups -OCH3 is 2. The van der Waals surface area contributed by atoms with Crippen molar-refractivity contribution in [3.8, 4) is 39.5 Å². The number of halogens is 3. The second-order valence-electron chi connectivity index (χ2n) is 17.5. The van der Waals surface area contributed by atoms with E-state index in [1.54, 1.807) is 48.9 Å². The number of hydrogen-bond acceptors (Lipinski definition) is 9. The number of benzene rings is 2. The highest BCUT2D eigenvalue weighted by atomic mass is 19.3. The molecule has 5 aromatic rings. The monoisotopic (exact) mass is 871 g/mol. The van der Waals surface area contributed by atoms with Gasteiger partial charge >= 0.3 is 12.2 Å². The first-order valence-electron chi connectivity index (χ1n) is 21.0. The SMILES string of the molecule is COC(=O)NC(C(=O)N1CC(F)(F)CC1c1ncc(-c2ccc3c(c2)c(F)c2n3COc3cc(-c4cnc(C5CC6CC6N5C(=O)C(NC(=O)OC)C(C)C)[nH]4)ccc3-2)[nH]1)C(C)C. The molecule has 2 aromatic carbocycles. The number of piperidine rings is 1. The van der Waals surface area contributed by atoms with Gasteiger partial charge in [0.25, 0.3) is 5.92 Å². The van der Waals surface area contributed by atoms with E-state index in [2.05, 4.69) is 30.3 Å². The Kier molecular flexibility index (Phi) is 10.4. The van der Waals surface area contributed by atoms with E-state index in [0.717, 1.165) is 30.4 Å². The molecule has 3 aromatic heterocycles. The van der Waals surface area contributed by atoms with E-state index in [1.807, 2.05) is 30.9 Å². The number of nitrogens with zero attached hydrogens (tertiary/aromatic N) is 5. The van der Waals surface area contributed by atoms with Crippen molar-refractivity contribution >= 4 is 34.9 Å². The van der Waals surface area contributed by atoms with Crippen LogP contribution < -0.4 is 15.4 Å². The van der Waals surface area contributed by atoms with Gasteiger partial charge < -0.3 is 49.2 Å². The van der Waals surface area contributed by atoms with Gasteiger partial charge in [-0.2, -0.15) is 0 Å². The number of alkyl halides is 2. The lowest BCUT2D eigenvalue weighted by Gasteiger charge is -2.31. The molecule has 6 heterocycles. The fourth-order valence-electron chi connectivity index (χ4n) is 9.37. The third kappa shape index (κ3) is 7.39. The number of amides is 4. The van der Waals surface area contributed by atoms with Crippen LogP contribution in [-0.2, 0) is 25.8 Å². The number of nitrogens with one attached hydrogen (secondary N) is 4. The fraction of sp³-hybridized carbons (Fsp3) is 0.455. The Morgan fingerprint density at radius 3 is 2.08 bits per heavy atom. The summed E-state index contributed by atoms with van der Waals surface area (Å²) in [7, 11) is 2.42. The zero-order valence-electron chi connectivity index (χ0n) is 35.5. The van der Waals surface area contributed by atoms with Crippen LogP contribution in [0.25, 0.3) is 44.7 Å². The van der Waals surface area contributed by atoms with Crippen molar-refractivity contribution in [1.82, 2.24) is 44.9 Å². The van der Waals surface area contributed by atoms with E-state index in [4.69, 9.17) is 14.5 Å². The van der Waals surface area contributed by atoms with Gasteiger partial charge in [-0.15, -0.1) is 0 Å². The third-order valence-electron chi connectivity index (χ3n) is 12.7. The number of hydrogen-bond donors (Lipinski definition) is 4. The van der Waals surface area contributed by atoms with Crippen molar-refractivity contribution in [2.75, 3.05) is 20.8 Å². The fourth-order valence-corrected chi connectivity index (χ4v) is 9.37. The van der Waals surface area contributed by atoms with Crippen LogP contribution in [0.15, 0.2) is 48.8 Å². The maximum atomic E-state index is 16.6. The summed E-state index contributed by atoms with van der Waals surface area (Å²) in [4.78, 5) is 70.0. The number of ether oxygens (including phenoxy) is 3. The number of carbonyl (C=O) groups excluding carboxylic acids is 4. The summed E-state index contributed by atoms with van der Waals surface area (Å²) < 4.78 is 63.8. The Bertz CT molecular complexity index is 2640. The van der Waals surface area contributed by atoms with E-state index in [-0.39, 0.29) is 36.5 Å². The number of likely N-dealkylation sites (tertiary alicyclic amines) is 2. The zero-order chi connectivity index (χ0) is 44.6. The molecule has 0 spiro atoms. The maximum absolute atomic E-state index is 16.6. The van der Waals surface area contributed by atoms with Gasteiger partial charge in [-0.25, -0.2) is 32.7 Å². The van der Waals surface area contributed by atoms with E-state index >= 15 is 4.39 Å². The average molecular weight is 872 g/mol. The van der Waals surface area contributed by atoms with Crippen molar-refractivity contribution in [2.24, 2.45) is 17.8 Å². The van der Waals surface area contributed by atoms with Crippen molar-refractivity contribution in [2.45, 2.75) is 89.8 Å². The zero-order valence-corrected chi connectivity index (χ0v) is 35.5. The first-order valence-corrected chi connectivity index (χ1v) is 21.0. The molecule has 3 aliphatic heterocycles. The molecular weight excluding hydrogens is 824 g/mol. The molecule has 4 amide bonds. The van der Waals surface area contributed by atoms with Gasteiger partial charge in [0.2, 0.25) is 11.8 Å². The van der Waals surface area contributed by atoms with Crippen LogP contribution >= 0.6 is 0 Å². The van der Waals surface area contributed by atoms with Crippen LogP contribution in [0, 0.1) is 23.6 Å². The van der Waals surface area contributed by atoms with E-state index in [1.165, 1.54) is 13.3 Å². The summed E-state index contributed by atoms with van der Waals surface area (Å²) in [6, 6.07) is 7.48. The topological polar surface area (TPSA) is 189 Å². The van der Waals surface area contributed by atoms with Gasteiger partial charge in [0.15, 0.2) is 12.5 Å². The number of H-pyrrole nitrogens is 2. The van der Waals surface area contributed by atoms with Crippen LogP contribution in [-0.4, -0.2) is 103 Å². The molecule has 0 radical (unpaired) electrons. The van der Waals surface area contributed by atoms with Crippen molar-refractivity contribution < 1.29 is 46.6 Å². The van der Waals surface area contributed by atoms with Gasteiger partial charge in [0, 0.05) is 34.5 Å². The maximum Gasteiger partial charge on any atom is 0.407 e. The normalized spacial score (nSPS) is 21.7. The summed E-state index contributed by atoms with van der Waals surface area (Å²) in [5, 5.41) is 5.47. The van der Waals surface area contributed by atoms with Gasteiger partial charge in [-0.1, -0.05) is 39.8 Å². The van der Waals surface area contributed by atoms with Crippen molar-refractivity contribution in [3.05, 3.63) is 66.3 Å². The number of aromatic amines is 2. The minimum Gasteiger partial charge on any atom is -0.472 e. The van der Waals surface area contributed by atoms with Crippen LogP contribution in [0.3, 0.4) is 0 Å². The molecule has 63 heavy (non-hydrogen) atoms. The summed E-state index contributed by atoms with van der Waals surface area (Å²) in [6.07, 6.45) is 2.64. The Labute approximate surface area is 359 Å². The molecule has 19 heteroatoms. The predicted octanol–water partition coefficient (Wildman–Crippen LogP) is 6.91. The number of fused-ring (bicyclic) bond motifs is 6. The van der Waals surface area contributed by atoms with Gasteiger partial charge in [-0.3, -0.25) is 9.59 Å². The predicted molar refractivity (Wildman–Crippen MR) is 222 cm³/mol. The van der Waals surface area contributed by atoms with Crippen molar-refractivity contribution in [1.29, 1.82) is 0 Å². The highest BCUT2D eigenvalue weighted by molar-refractivity contribution is 5.93. The van der Waals surface area contributed by atoms with Gasteiger partial charge in [0.1, 0.15) is 29.5 Å². The first kappa shape index (κ1) is 41.8. The van der Waals surface area contributed by atoms with E-state index in [0.29, 0.717) is 56.6 Å². The van der Waals surface area contributed by atoms with E-state index in [9.17, 15) is 28.0 Å². The van der Waals surface area contributed by atoms with Crippen LogP contribution in [0.2, 0.25) is 0 Å². The molecule has 2 saturated heterocycles. The molecule has 9 rings (SSSR count). The minimum atomic E-state index is -3.20. The molecule has 4 aliphatic rings. The Balaban J connectivity index is 0.955. The molecule has 0 bridgehead atoms. The molecule has 1 aliphatic carbocycles. The van der Waals surface area contributed by atoms with Gasteiger partial charge in [0.05, 0.1) is 67.8 Å². The quantitative estimate of drug-likeness (QED) is 0.116. The number of alkyl carbamates (subject to hydrolysis) is 2. The first-order chi connectivity index (χ1) is 30.1. The summed E-state index contributed by atoms with van der Waals surface area (Å²) >= 11 is 0. The third-order valence-corrected chi connectivity index (χ3v) is 12.7. The summed E-state index contributed by atoms with van der Waals surface area (Å²) in [6.45, 7) is 6.32. The molecule has 332 valence electrons. The average Bonchev–Trinajstić information content (AvgIpc) is 3.81. The molecule has 6 atom stereocenters. The molecule has 4 N–H and O–H groups in total. The van der Waals surface area contributed by atoms with Crippen LogP contribution in [0.4, 0.5) is 22.8 Å². The van der Waals surface area contributed by atoms with Gasteiger partial charge in [-0.05, 0) is 54.9 Å². The number of rotatable bonds is 10. The highest BCUT2D eigenvalue weighted by Gasteiger charge is 2.56. The molecule has 16 nitrogen and oxygen atoms in total. The Hall–Kier alpha value is -6.53. The standard InChI is InChI=1S/C44H48F3N9O7/c1-20(2)35(52-42(59)61-5)40(57)54-18-44(46,47)15-32(54)39-49-16-27(51-39)22-8-10-29-26(11-22)34(45)37-25-9-7-23(14-33(25)63-19-55(29)37)28-17-48-38(50-28)31-13-24-12-30(24)56(31)41(58)36(21(3)4)53-43(60)62-6/h7-11,14,16-17,20-21,24,30-32,35-36H,12-13,15,18-19H2,1-6H3,(H,48,50)(H,49,51)(H,52,59)(H,53,60). The van der Waals surface area contributed by atoms with E-state index < -0.39 is 66.8 Å². The molecule has 3 fully saturated rings. The second-order valence-corrected chi connectivity index (χ2v) is 17.5. The summed E-state index contributed by atoms with van der Waals surface area (Å²) in [5.41, 5.74) is 3.90. The smallest absolute Gasteiger partial charge is 0.407 e. The van der Waals surface area contributed by atoms with Crippen LogP contribution in [0.1, 0.15) is 70.7 Å². The number of aromatic nitrogens is 5. The summed E-state index contributed by atoms with van der Waals surface area (Å²) in [5.74, 6) is -3.50. The van der Waals surface area contributed by atoms with Crippen LogP contribution in [0.5, 0.6) is 5.75 Å². The van der Waals surface area contributed by atoms with Crippen molar-refractivity contribution in [3.63, 3.8) is 0 Å². The largest absolute Gasteiger partial charge is 0.472 e. The lowest BCUT2D eigenvalue weighted by Crippen LogP contribution is -2.52. The Morgan fingerprint density at radius 2 is 1.44 bits per heavy atom. The lowest BCUT2D eigenvalue weighted by atomic mass is 10.0.